The fourth-order valence-electron chi connectivity index (χ4n) is 4.34. The van der Waals surface area contributed by atoms with E-state index >= 15 is 0 Å². The van der Waals surface area contributed by atoms with E-state index < -0.39 is 29.7 Å². The molecule has 2 aromatic rings. The van der Waals surface area contributed by atoms with Crippen molar-refractivity contribution in [2.24, 2.45) is 0 Å². The normalized spacial score (nSPS) is 18.9. The lowest BCUT2D eigenvalue weighted by molar-refractivity contribution is -0.149. The molecule has 2 N–H and O–H groups in total. The van der Waals surface area contributed by atoms with E-state index in [1.165, 1.54) is 0 Å². The maximum Gasteiger partial charge on any atom is 0.278 e. The first kappa shape index (κ1) is 24.1. The largest absolute Gasteiger partial charge is 0.351 e. The van der Waals surface area contributed by atoms with Crippen LogP contribution in [0.3, 0.4) is 0 Å². The maximum absolute atomic E-state index is 12.9. The summed E-state index contributed by atoms with van der Waals surface area (Å²) in [5, 5.41) is 5.14. The topological polar surface area (TPSA) is 113 Å². The average Bonchev–Trinajstić information content (AvgIpc) is 3.08. The van der Waals surface area contributed by atoms with Gasteiger partial charge in [0.1, 0.15) is 17.5 Å². The molecular weight excluding hydrogens is 446 g/mol. The van der Waals surface area contributed by atoms with E-state index in [1.807, 2.05) is 56.3 Å². The van der Waals surface area contributed by atoms with Crippen LogP contribution in [-0.2, 0) is 30.4 Å². The number of hydrogen-bond acceptors (Lipinski definition) is 6. The number of aryl methyl sites for hydroxylation is 1. The van der Waals surface area contributed by atoms with Crippen molar-refractivity contribution in [3.05, 3.63) is 77.0 Å². The van der Waals surface area contributed by atoms with Crippen LogP contribution in [0.1, 0.15) is 48.8 Å². The lowest BCUT2D eigenvalue weighted by Gasteiger charge is -2.28. The van der Waals surface area contributed by atoms with Crippen LogP contribution in [0.4, 0.5) is 5.69 Å². The fraction of sp³-hybridized carbons (Fsp3) is 0.296. The van der Waals surface area contributed by atoms with E-state index in [4.69, 9.17) is 0 Å². The lowest BCUT2D eigenvalue weighted by atomic mass is 9.93. The van der Waals surface area contributed by atoms with Crippen LogP contribution in [0.5, 0.6) is 0 Å². The second-order valence-corrected chi connectivity index (χ2v) is 9.09. The Balaban J connectivity index is 1.39. The van der Waals surface area contributed by atoms with Gasteiger partial charge < -0.3 is 5.32 Å². The molecule has 1 saturated heterocycles. The molecule has 8 heteroatoms. The molecule has 0 saturated carbocycles. The quantitative estimate of drug-likeness (QED) is 0.570. The summed E-state index contributed by atoms with van der Waals surface area (Å²) >= 11 is 0. The summed E-state index contributed by atoms with van der Waals surface area (Å²) in [6.07, 6.45) is 2.09. The minimum Gasteiger partial charge on any atom is -0.351 e. The van der Waals surface area contributed by atoms with Crippen molar-refractivity contribution in [3.8, 4) is 0 Å². The van der Waals surface area contributed by atoms with E-state index in [0.717, 1.165) is 27.7 Å². The number of piperidine rings is 1. The smallest absolute Gasteiger partial charge is 0.278 e. The van der Waals surface area contributed by atoms with Gasteiger partial charge in [-0.05, 0) is 42.5 Å². The summed E-state index contributed by atoms with van der Waals surface area (Å²) in [7, 11) is 0. The molecule has 1 fully saturated rings. The van der Waals surface area contributed by atoms with Crippen LogP contribution in [-0.4, -0.2) is 40.4 Å². The molecule has 2 aromatic carbocycles. The standard InChI is InChI=1S/C27H27N3O5/c1-16-6-8-18(9-7-16)13-21(31)12-17(2)19-4-3-5-20(14-19)28-22-15-25(33)30(27(22)35)23-10-11-24(32)29-26(23)34/h3-9,14-15,17,23,28H,10-13H2,1-2H3,(H,29,32,34). The van der Waals surface area contributed by atoms with E-state index in [9.17, 15) is 24.0 Å². The highest BCUT2D eigenvalue weighted by molar-refractivity contribution is 6.20. The lowest BCUT2D eigenvalue weighted by Crippen LogP contribution is -2.54. The van der Waals surface area contributed by atoms with Crippen LogP contribution in [0.25, 0.3) is 0 Å². The molecule has 8 nitrogen and oxygen atoms in total. The van der Waals surface area contributed by atoms with Crippen molar-refractivity contribution in [3.63, 3.8) is 0 Å². The predicted octanol–water partition coefficient (Wildman–Crippen LogP) is 2.77. The van der Waals surface area contributed by atoms with Crippen molar-refractivity contribution in [1.82, 2.24) is 10.2 Å². The van der Waals surface area contributed by atoms with Crippen molar-refractivity contribution < 1.29 is 24.0 Å². The minimum atomic E-state index is -1.01. The highest BCUT2D eigenvalue weighted by atomic mass is 16.2. The molecule has 2 heterocycles. The second-order valence-electron chi connectivity index (χ2n) is 9.09. The third-order valence-electron chi connectivity index (χ3n) is 6.27. The Labute approximate surface area is 203 Å². The number of Topliss-reactive ketones (excluding diaryl/α,β-unsaturated/α-hetero) is 1. The zero-order valence-electron chi connectivity index (χ0n) is 19.7. The van der Waals surface area contributed by atoms with Gasteiger partial charge in [-0.3, -0.25) is 34.2 Å². The Kier molecular flexibility index (Phi) is 6.91. The molecule has 0 spiro atoms. The number of carbonyl (C=O) groups excluding carboxylic acids is 5. The summed E-state index contributed by atoms with van der Waals surface area (Å²) in [4.78, 5) is 62.3. The number of amides is 4. The highest BCUT2D eigenvalue weighted by Gasteiger charge is 2.42. The Morgan fingerprint density at radius 3 is 2.57 bits per heavy atom. The van der Waals surface area contributed by atoms with Gasteiger partial charge in [-0.25, -0.2) is 0 Å². The van der Waals surface area contributed by atoms with Crippen molar-refractivity contribution in [1.29, 1.82) is 0 Å². The SMILES string of the molecule is Cc1ccc(CC(=O)CC(C)c2cccc(NC3=CC(=O)N(C4CCC(=O)NC4=O)C3=O)c2)cc1. The van der Waals surface area contributed by atoms with Gasteiger partial charge in [-0.1, -0.05) is 48.9 Å². The van der Waals surface area contributed by atoms with Gasteiger partial charge in [-0.15, -0.1) is 0 Å². The van der Waals surface area contributed by atoms with Crippen molar-refractivity contribution in [2.75, 3.05) is 5.32 Å². The molecule has 4 rings (SSSR count). The second kappa shape index (κ2) is 10.0. The zero-order chi connectivity index (χ0) is 25.1. The molecule has 2 aliphatic heterocycles. The van der Waals surface area contributed by atoms with E-state index in [-0.39, 0.29) is 30.2 Å². The number of rotatable bonds is 8. The highest BCUT2D eigenvalue weighted by Crippen LogP contribution is 2.26. The molecule has 180 valence electrons. The first-order chi connectivity index (χ1) is 16.7. The number of hydrogen-bond donors (Lipinski definition) is 2. The van der Waals surface area contributed by atoms with Crippen LogP contribution in [0, 0.1) is 6.92 Å². The molecule has 0 radical (unpaired) electrons. The number of benzene rings is 2. The summed E-state index contributed by atoms with van der Waals surface area (Å²) in [6.45, 7) is 3.98. The number of anilines is 1. The molecule has 0 bridgehead atoms. The van der Waals surface area contributed by atoms with Gasteiger partial charge in [0.15, 0.2) is 0 Å². The van der Waals surface area contributed by atoms with Gasteiger partial charge >= 0.3 is 0 Å². The van der Waals surface area contributed by atoms with Crippen LogP contribution in [0.2, 0.25) is 0 Å². The summed E-state index contributed by atoms with van der Waals surface area (Å²) in [5.41, 5.74) is 3.71. The van der Waals surface area contributed by atoms with Gasteiger partial charge in [0, 0.05) is 31.0 Å². The van der Waals surface area contributed by atoms with Crippen molar-refractivity contribution >= 4 is 35.1 Å². The monoisotopic (exact) mass is 473 g/mol. The van der Waals surface area contributed by atoms with Gasteiger partial charge in [0.25, 0.3) is 11.8 Å². The Morgan fingerprint density at radius 2 is 1.86 bits per heavy atom. The fourth-order valence-corrected chi connectivity index (χ4v) is 4.34. The minimum absolute atomic E-state index is 0.0374. The molecule has 2 aliphatic rings. The summed E-state index contributed by atoms with van der Waals surface area (Å²) < 4.78 is 0. The first-order valence-corrected chi connectivity index (χ1v) is 11.6. The number of ketones is 1. The maximum atomic E-state index is 12.9. The van der Waals surface area contributed by atoms with Crippen LogP contribution >= 0.6 is 0 Å². The molecule has 2 atom stereocenters. The molecular formula is C27H27N3O5. The van der Waals surface area contributed by atoms with Crippen LogP contribution in [0.15, 0.2) is 60.3 Å². The Bertz CT molecular complexity index is 1230. The number of nitrogens with one attached hydrogen (secondary N) is 2. The van der Waals surface area contributed by atoms with E-state index in [1.54, 1.807) is 6.07 Å². The van der Waals surface area contributed by atoms with E-state index in [0.29, 0.717) is 18.5 Å². The van der Waals surface area contributed by atoms with Gasteiger partial charge in [0.05, 0.1) is 0 Å². The van der Waals surface area contributed by atoms with E-state index in [2.05, 4.69) is 10.6 Å². The third kappa shape index (κ3) is 5.54. The number of carbonyl (C=O) groups is 5. The molecule has 2 unspecified atom stereocenters. The van der Waals surface area contributed by atoms with Crippen molar-refractivity contribution in [2.45, 2.75) is 51.5 Å². The third-order valence-corrected chi connectivity index (χ3v) is 6.27. The molecule has 35 heavy (non-hydrogen) atoms. The average molecular weight is 474 g/mol. The predicted molar refractivity (Wildman–Crippen MR) is 129 cm³/mol. The zero-order valence-corrected chi connectivity index (χ0v) is 19.7. The summed E-state index contributed by atoms with van der Waals surface area (Å²) in [5.74, 6) is -2.18. The number of imide groups is 2. The molecule has 4 amide bonds. The summed E-state index contributed by atoms with van der Waals surface area (Å²) in [6, 6.07) is 14.3. The molecule has 0 aromatic heterocycles. The van der Waals surface area contributed by atoms with Crippen LogP contribution < -0.4 is 10.6 Å². The van der Waals surface area contributed by atoms with Gasteiger partial charge in [0.2, 0.25) is 11.8 Å². The van der Waals surface area contributed by atoms with Gasteiger partial charge in [-0.2, -0.15) is 0 Å². The Hall–Kier alpha value is -4.07. The number of nitrogens with zero attached hydrogens (tertiary/aromatic N) is 1. The Morgan fingerprint density at radius 1 is 1.11 bits per heavy atom. The first-order valence-electron chi connectivity index (χ1n) is 11.6. The molecule has 0 aliphatic carbocycles.